The lowest BCUT2D eigenvalue weighted by Gasteiger charge is -2.26. The van der Waals surface area contributed by atoms with Crippen molar-refractivity contribution in [2.75, 3.05) is 6.61 Å². The number of hydrogen-bond acceptors (Lipinski definition) is 2. The number of rotatable bonds is 6. The Bertz CT molecular complexity index is 419. The maximum atomic E-state index is 12.2. The van der Waals surface area contributed by atoms with Gasteiger partial charge in [-0.2, -0.15) is 0 Å². The summed E-state index contributed by atoms with van der Waals surface area (Å²) in [5, 5.41) is 0. The summed E-state index contributed by atoms with van der Waals surface area (Å²) in [6.07, 6.45) is 3.28. The Hall–Kier alpha value is -1.51. The molecule has 0 spiro atoms. The molecule has 2 rings (SSSR count). The van der Waals surface area contributed by atoms with Crippen LogP contribution in [0.3, 0.4) is 0 Å². The van der Waals surface area contributed by atoms with Gasteiger partial charge >= 0.3 is 0 Å². The standard InChI is InChI=1S/C16H23NO2/c1-4-13-5-9-15(10-6-13)19-11-16(18)17(12(2)3)14-7-8-14/h5-6,9-10,12,14H,4,7-8,11H2,1-3H3. The minimum absolute atomic E-state index is 0.0945. The van der Waals surface area contributed by atoms with Crippen molar-refractivity contribution in [3.8, 4) is 5.75 Å². The third-order valence-corrected chi connectivity index (χ3v) is 3.48. The van der Waals surface area contributed by atoms with Crippen LogP contribution in [0.4, 0.5) is 0 Å². The van der Waals surface area contributed by atoms with Crippen molar-refractivity contribution >= 4 is 5.91 Å². The van der Waals surface area contributed by atoms with Gasteiger partial charge in [-0.1, -0.05) is 19.1 Å². The monoisotopic (exact) mass is 261 g/mol. The number of aryl methyl sites for hydroxylation is 1. The topological polar surface area (TPSA) is 29.5 Å². The molecule has 1 amide bonds. The minimum Gasteiger partial charge on any atom is -0.484 e. The molecular formula is C16H23NO2. The van der Waals surface area contributed by atoms with Crippen LogP contribution in [0.2, 0.25) is 0 Å². The minimum atomic E-state index is 0.0945. The van der Waals surface area contributed by atoms with Crippen molar-refractivity contribution in [1.29, 1.82) is 0 Å². The second-order valence-electron chi connectivity index (χ2n) is 5.41. The Morgan fingerprint density at radius 2 is 1.95 bits per heavy atom. The highest BCUT2D eigenvalue weighted by Gasteiger charge is 2.34. The average Bonchev–Trinajstić information content (AvgIpc) is 3.21. The number of benzene rings is 1. The van der Waals surface area contributed by atoms with E-state index in [4.69, 9.17) is 4.74 Å². The Kier molecular flexibility index (Phi) is 4.46. The number of carbonyl (C=O) groups excluding carboxylic acids is 1. The molecule has 0 N–H and O–H groups in total. The summed E-state index contributed by atoms with van der Waals surface area (Å²) < 4.78 is 5.59. The molecule has 0 radical (unpaired) electrons. The van der Waals surface area contributed by atoms with E-state index in [1.807, 2.05) is 29.2 Å². The van der Waals surface area contributed by atoms with Gasteiger partial charge in [0, 0.05) is 12.1 Å². The first-order chi connectivity index (χ1) is 9.11. The lowest BCUT2D eigenvalue weighted by Crippen LogP contribution is -2.41. The van der Waals surface area contributed by atoms with Gasteiger partial charge in [-0.3, -0.25) is 4.79 Å². The van der Waals surface area contributed by atoms with Crippen LogP contribution >= 0.6 is 0 Å². The molecule has 1 aliphatic rings. The molecule has 1 fully saturated rings. The van der Waals surface area contributed by atoms with Crippen LogP contribution in [0.1, 0.15) is 39.2 Å². The van der Waals surface area contributed by atoms with Gasteiger partial charge in [0.2, 0.25) is 0 Å². The average molecular weight is 261 g/mol. The van der Waals surface area contributed by atoms with Crippen LogP contribution in [0.25, 0.3) is 0 Å². The van der Waals surface area contributed by atoms with Gasteiger partial charge in [-0.25, -0.2) is 0 Å². The summed E-state index contributed by atoms with van der Waals surface area (Å²) in [6, 6.07) is 8.65. The lowest BCUT2D eigenvalue weighted by molar-refractivity contribution is -0.135. The molecule has 0 aliphatic heterocycles. The van der Waals surface area contributed by atoms with Crippen molar-refractivity contribution < 1.29 is 9.53 Å². The Balaban J connectivity index is 1.88. The second-order valence-corrected chi connectivity index (χ2v) is 5.41. The zero-order valence-electron chi connectivity index (χ0n) is 12.1. The molecule has 104 valence electrons. The molecule has 0 unspecified atom stereocenters. The highest BCUT2D eigenvalue weighted by atomic mass is 16.5. The number of carbonyl (C=O) groups is 1. The van der Waals surface area contributed by atoms with E-state index >= 15 is 0 Å². The first-order valence-corrected chi connectivity index (χ1v) is 7.14. The van der Waals surface area contributed by atoms with E-state index in [0.717, 1.165) is 25.0 Å². The van der Waals surface area contributed by atoms with E-state index in [-0.39, 0.29) is 18.6 Å². The van der Waals surface area contributed by atoms with E-state index in [1.54, 1.807) is 0 Å². The first-order valence-electron chi connectivity index (χ1n) is 7.14. The normalized spacial score (nSPS) is 14.5. The number of hydrogen-bond donors (Lipinski definition) is 0. The van der Waals surface area contributed by atoms with Gasteiger partial charge in [-0.15, -0.1) is 0 Å². The van der Waals surface area contributed by atoms with Gasteiger partial charge in [0.1, 0.15) is 5.75 Å². The largest absolute Gasteiger partial charge is 0.484 e. The van der Waals surface area contributed by atoms with E-state index in [9.17, 15) is 4.79 Å². The zero-order valence-corrected chi connectivity index (χ0v) is 12.1. The Labute approximate surface area is 115 Å². The molecule has 1 saturated carbocycles. The highest BCUT2D eigenvalue weighted by molar-refractivity contribution is 5.78. The molecule has 0 aromatic heterocycles. The summed E-state index contributed by atoms with van der Waals surface area (Å²) in [5.74, 6) is 0.863. The highest BCUT2D eigenvalue weighted by Crippen LogP contribution is 2.28. The third-order valence-electron chi connectivity index (χ3n) is 3.48. The van der Waals surface area contributed by atoms with E-state index in [0.29, 0.717) is 6.04 Å². The molecule has 0 atom stereocenters. The molecular weight excluding hydrogens is 238 g/mol. The summed E-state index contributed by atoms with van der Waals surface area (Å²) in [5.41, 5.74) is 1.28. The maximum Gasteiger partial charge on any atom is 0.260 e. The van der Waals surface area contributed by atoms with E-state index in [2.05, 4.69) is 20.8 Å². The van der Waals surface area contributed by atoms with Crippen LogP contribution in [0.15, 0.2) is 24.3 Å². The molecule has 3 heteroatoms. The molecule has 19 heavy (non-hydrogen) atoms. The van der Waals surface area contributed by atoms with Gasteiger partial charge in [0.25, 0.3) is 5.91 Å². The van der Waals surface area contributed by atoms with Gasteiger partial charge < -0.3 is 9.64 Å². The summed E-state index contributed by atoms with van der Waals surface area (Å²) in [7, 11) is 0. The van der Waals surface area contributed by atoms with Crippen LogP contribution < -0.4 is 4.74 Å². The molecule has 3 nitrogen and oxygen atoms in total. The van der Waals surface area contributed by atoms with Gasteiger partial charge in [0.05, 0.1) is 0 Å². The molecule has 0 saturated heterocycles. The molecule has 1 aromatic rings. The predicted molar refractivity (Wildman–Crippen MR) is 76.3 cm³/mol. The van der Waals surface area contributed by atoms with Crippen molar-refractivity contribution in [3.63, 3.8) is 0 Å². The first kappa shape index (κ1) is 13.9. The van der Waals surface area contributed by atoms with Crippen molar-refractivity contribution in [3.05, 3.63) is 29.8 Å². The van der Waals surface area contributed by atoms with Gasteiger partial charge in [0.15, 0.2) is 6.61 Å². The fraction of sp³-hybridized carbons (Fsp3) is 0.562. The lowest BCUT2D eigenvalue weighted by atomic mass is 10.2. The second kappa shape index (κ2) is 6.09. The molecule has 1 aromatic carbocycles. The van der Waals surface area contributed by atoms with Crippen LogP contribution in [0, 0.1) is 0 Å². The third kappa shape index (κ3) is 3.72. The summed E-state index contributed by atoms with van der Waals surface area (Å²) in [6.45, 7) is 6.38. The van der Waals surface area contributed by atoms with Crippen LogP contribution in [-0.4, -0.2) is 29.5 Å². The smallest absolute Gasteiger partial charge is 0.260 e. The number of nitrogens with zero attached hydrogens (tertiary/aromatic N) is 1. The van der Waals surface area contributed by atoms with Crippen LogP contribution in [-0.2, 0) is 11.2 Å². The van der Waals surface area contributed by atoms with E-state index < -0.39 is 0 Å². The van der Waals surface area contributed by atoms with E-state index in [1.165, 1.54) is 5.56 Å². The SMILES string of the molecule is CCc1ccc(OCC(=O)N(C(C)C)C2CC2)cc1. The fourth-order valence-corrected chi connectivity index (χ4v) is 2.31. The number of amides is 1. The number of ether oxygens (including phenoxy) is 1. The Morgan fingerprint density at radius 3 is 2.42 bits per heavy atom. The maximum absolute atomic E-state index is 12.2. The summed E-state index contributed by atoms with van der Waals surface area (Å²) >= 11 is 0. The quantitative estimate of drug-likeness (QED) is 0.787. The summed E-state index contributed by atoms with van der Waals surface area (Å²) in [4.78, 5) is 14.1. The fourth-order valence-electron chi connectivity index (χ4n) is 2.31. The molecule has 0 heterocycles. The van der Waals surface area contributed by atoms with Crippen LogP contribution in [0.5, 0.6) is 5.75 Å². The molecule has 0 bridgehead atoms. The van der Waals surface area contributed by atoms with Crippen molar-refractivity contribution in [2.24, 2.45) is 0 Å². The Morgan fingerprint density at radius 1 is 1.32 bits per heavy atom. The zero-order chi connectivity index (χ0) is 13.8. The predicted octanol–water partition coefficient (Wildman–Crippen LogP) is 3.03. The van der Waals surface area contributed by atoms with Gasteiger partial charge in [-0.05, 0) is 50.8 Å². The van der Waals surface area contributed by atoms with Crippen molar-refractivity contribution in [1.82, 2.24) is 4.90 Å². The molecule has 1 aliphatic carbocycles. The van der Waals surface area contributed by atoms with Crippen molar-refractivity contribution in [2.45, 2.75) is 52.1 Å².